The molecule has 3 aromatic carbocycles. The molecule has 4 heterocycles. The van der Waals surface area contributed by atoms with E-state index in [0.29, 0.717) is 33.2 Å². The van der Waals surface area contributed by atoms with Gasteiger partial charge in [-0.1, -0.05) is 65.9 Å². The largest absolute Gasteiger partial charge is 0.493 e. The fourth-order valence-electron chi connectivity index (χ4n) is 5.35. The van der Waals surface area contributed by atoms with Crippen LogP contribution in [0.5, 0.6) is 5.88 Å². The number of carbonyl (C=O) groups excluding carboxylic acids is 2. The number of aromatic nitrogens is 3. The molecule has 2 N–H and O–H groups in total. The van der Waals surface area contributed by atoms with Crippen molar-refractivity contribution in [1.82, 2.24) is 13.9 Å². The van der Waals surface area contributed by atoms with E-state index in [1.54, 1.807) is 55.1 Å². The summed E-state index contributed by atoms with van der Waals surface area (Å²) in [7, 11) is 1.75. The van der Waals surface area contributed by atoms with E-state index in [1.807, 2.05) is 42.5 Å². The van der Waals surface area contributed by atoms with Crippen molar-refractivity contribution in [2.75, 3.05) is 5.32 Å². The third-order valence-corrected chi connectivity index (χ3v) is 8.45. The van der Waals surface area contributed by atoms with Crippen LogP contribution in [0.15, 0.2) is 93.6 Å². The van der Waals surface area contributed by atoms with Crippen LogP contribution in [0.3, 0.4) is 0 Å². The molecule has 7 rings (SSSR count). The first-order chi connectivity index (χ1) is 19.8. The molecule has 0 bridgehead atoms. The first kappa shape index (κ1) is 24.7. The smallest absolute Gasteiger partial charge is 0.296 e. The van der Waals surface area contributed by atoms with Gasteiger partial charge in [-0.15, -0.1) is 0 Å². The van der Waals surface area contributed by atoms with Crippen LogP contribution in [0.4, 0.5) is 5.69 Å². The van der Waals surface area contributed by atoms with Gasteiger partial charge < -0.3 is 10.4 Å². The van der Waals surface area contributed by atoms with Gasteiger partial charge in [-0.2, -0.15) is 0 Å². The quantitative estimate of drug-likeness (QED) is 0.348. The Balaban J connectivity index is 1.56. The number of hydrogen-bond acceptors (Lipinski definition) is 6. The molecule has 2 aliphatic heterocycles. The zero-order chi connectivity index (χ0) is 28.4. The second kappa shape index (κ2) is 9.14. The van der Waals surface area contributed by atoms with Crippen LogP contribution in [0.25, 0.3) is 16.9 Å². The summed E-state index contributed by atoms with van der Waals surface area (Å²) in [5.41, 5.74) is 2.47. The molecule has 2 aliphatic rings. The number of amides is 2. The lowest BCUT2D eigenvalue weighted by Gasteiger charge is -2.07. The van der Waals surface area contributed by atoms with Crippen molar-refractivity contribution in [3.63, 3.8) is 0 Å². The minimum absolute atomic E-state index is 0.151. The van der Waals surface area contributed by atoms with Crippen molar-refractivity contribution in [3.8, 4) is 17.3 Å². The fourth-order valence-corrected chi connectivity index (χ4v) is 6.44. The lowest BCUT2D eigenvalue weighted by Crippen LogP contribution is -2.25. The summed E-state index contributed by atoms with van der Waals surface area (Å²) in [5.74, 6) is -1.16. The van der Waals surface area contributed by atoms with Crippen LogP contribution in [0, 0.1) is 6.92 Å². The minimum Gasteiger partial charge on any atom is -0.493 e. The lowest BCUT2D eigenvalue weighted by atomic mass is 10.1. The fraction of sp³-hybridized carbons (Fsp3) is 0.100. The summed E-state index contributed by atoms with van der Waals surface area (Å²) in [5, 5.41) is 15.7. The summed E-state index contributed by atoms with van der Waals surface area (Å²) in [4.78, 5) is 49.4. The summed E-state index contributed by atoms with van der Waals surface area (Å²) in [6, 6.07) is 22.5. The number of carbonyl (C=O) groups is 2. The Labute approximate surface area is 236 Å². The van der Waals surface area contributed by atoms with Gasteiger partial charge >= 0.3 is 0 Å². The molecule has 5 aromatic rings. The number of benzene rings is 3. The highest BCUT2D eigenvalue weighted by atomic mass is 32.1. The molecule has 2 aromatic heterocycles. The zero-order valence-corrected chi connectivity index (χ0v) is 22.7. The monoisotopic (exact) mass is 562 g/mol. The third kappa shape index (κ3) is 3.66. The molecule has 0 fully saturated rings. The molecular weight excluding hydrogens is 540 g/mol. The standard InChI is InChI=1S/C30H22N6O4S/c1-16-24(28(39)36(34(16)2)17-10-4-3-5-11-17)35-29(40)25(22-18-12-6-8-14-20(18)31-26(22)37)41-30(35)33-23-19-13-7-9-15-21(19)32-27(23)38/h3-15,23,40H,1-2H3,(H,32,38). The number of thiazole rings is 1. The maximum atomic E-state index is 14.0. The van der Waals surface area contributed by atoms with Crippen LogP contribution < -0.4 is 26.3 Å². The molecule has 0 radical (unpaired) electrons. The van der Waals surface area contributed by atoms with Crippen molar-refractivity contribution in [2.24, 2.45) is 17.0 Å². The maximum absolute atomic E-state index is 14.0. The van der Waals surface area contributed by atoms with E-state index >= 15 is 0 Å². The van der Waals surface area contributed by atoms with E-state index in [2.05, 4.69) is 10.3 Å². The molecule has 10 nitrogen and oxygen atoms in total. The summed E-state index contributed by atoms with van der Waals surface area (Å²) in [6.07, 6.45) is 0. The van der Waals surface area contributed by atoms with E-state index in [4.69, 9.17) is 4.99 Å². The molecule has 11 heteroatoms. The third-order valence-electron chi connectivity index (χ3n) is 7.38. The maximum Gasteiger partial charge on any atom is 0.296 e. The second-order valence-corrected chi connectivity index (χ2v) is 10.7. The topological polar surface area (TPSA) is 123 Å². The minimum atomic E-state index is -0.912. The molecule has 2 amide bonds. The first-order valence-electron chi connectivity index (χ1n) is 12.8. The Bertz CT molecular complexity index is 2190. The van der Waals surface area contributed by atoms with Crippen molar-refractivity contribution in [1.29, 1.82) is 0 Å². The Morgan fingerprint density at radius 3 is 2.46 bits per heavy atom. The van der Waals surface area contributed by atoms with Crippen LogP contribution in [0.1, 0.15) is 22.2 Å². The van der Waals surface area contributed by atoms with Gasteiger partial charge in [-0.25, -0.2) is 19.2 Å². The Morgan fingerprint density at radius 1 is 0.951 bits per heavy atom. The molecule has 0 saturated heterocycles. The van der Waals surface area contributed by atoms with Crippen LogP contribution in [-0.4, -0.2) is 30.9 Å². The average Bonchev–Trinajstić information content (AvgIpc) is 3.64. The molecule has 0 saturated carbocycles. The van der Waals surface area contributed by atoms with Crippen molar-refractivity contribution in [2.45, 2.75) is 13.0 Å². The number of nitrogens with zero attached hydrogens (tertiary/aromatic N) is 5. The summed E-state index contributed by atoms with van der Waals surface area (Å²) in [6.45, 7) is 1.76. The number of aromatic hydroxyl groups is 1. The Morgan fingerprint density at radius 2 is 1.66 bits per heavy atom. The van der Waals surface area contributed by atoms with Crippen molar-refractivity contribution >= 4 is 34.4 Å². The van der Waals surface area contributed by atoms with Gasteiger partial charge in [0.25, 0.3) is 17.4 Å². The normalized spacial score (nSPS) is 16.1. The Kier molecular flexibility index (Phi) is 5.51. The highest BCUT2D eigenvalue weighted by molar-refractivity contribution is 7.11. The number of fused-ring (bicyclic) bond motifs is 2. The van der Waals surface area contributed by atoms with Gasteiger partial charge in [-0.3, -0.25) is 19.1 Å². The number of anilines is 1. The van der Waals surface area contributed by atoms with E-state index in [1.165, 1.54) is 9.25 Å². The summed E-state index contributed by atoms with van der Waals surface area (Å²) < 4.78 is 4.53. The van der Waals surface area contributed by atoms with Crippen molar-refractivity contribution < 1.29 is 14.7 Å². The number of rotatable bonds is 4. The molecule has 0 aliphatic carbocycles. The van der Waals surface area contributed by atoms with Gasteiger partial charge in [-0.05, 0) is 31.2 Å². The first-order valence-corrected chi connectivity index (χ1v) is 13.6. The predicted molar refractivity (Wildman–Crippen MR) is 153 cm³/mol. The molecule has 1 unspecified atom stereocenters. The predicted octanol–water partition coefficient (Wildman–Crippen LogP) is 2.00. The number of hydrogen-bond donors (Lipinski definition) is 2. The van der Waals surface area contributed by atoms with E-state index in [9.17, 15) is 19.5 Å². The average molecular weight is 563 g/mol. The SMILES string of the molecule is Cc1c(-n2c(O)c(C3=c4ccccc4=NC3=O)sc2=NC2C(=O)Nc3ccccc32)c(=O)n(-c2ccccc2)n1C. The molecule has 41 heavy (non-hydrogen) atoms. The van der Waals surface area contributed by atoms with Gasteiger partial charge in [0, 0.05) is 23.5 Å². The molecular formula is C30H22N6O4S. The van der Waals surface area contributed by atoms with Crippen LogP contribution in [0.2, 0.25) is 0 Å². The highest BCUT2D eigenvalue weighted by Gasteiger charge is 2.33. The lowest BCUT2D eigenvalue weighted by molar-refractivity contribution is -0.117. The highest BCUT2D eigenvalue weighted by Crippen LogP contribution is 2.35. The van der Waals surface area contributed by atoms with E-state index < -0.39 is 17.5 Å². The van der Waals surface area contributed by atoms with E-state index in [0.717, 1.165) is 11.3 Å². The van der Waals surface area contributed by atoms with Gasteiger partial charge in [0.1, 0.15) is 10.6 Å². The van der Waals surface area contributed by atoms with Crippen LogP contribution >= 0.6 is 11.3 Å². The van der Waals surface area contributed by atoms with E-state index in [-0.39, 0.29) is 32.7 Å². The second-order valence-electron chi connectivity index (χ2n) is 9.70. The van der Waals surface area contributed by atoms with Gasteiger partial charge in [0.05, 0.1) is 22.3 Å². The molecule has 0 spiro atoms. The molecule has 202 valence electrons. The van der Waals surface area contributed by atoms with Gasteiger partial charge in [0.15, 0.2) is 10.8 Å². The number of para-hydroxylation sites is 3. The Hall–Kier alpha value is -5.29. The van der Waals surface area contributed by atoms with Crippen molar-refractivity contribution in [3.05, 3.63) is 121 Å². The number of nitrogens with one attached hydrogen (secondary N) is 1. The summed E-state index contributed by atoms with van der Waals surface area (Å²) >= 11 is 1.03. The van der Waals surface area contributed by atoms with Crippen LogP contribution in [-0.2, 0) is 16.6 Å². The van der Waals surface area contributed by atoms with Gasteiger partial charge in [0.2, 0.25) is 5.88 Å². The molecule has 1 atom stereocenters. The zero-order valence-electron chi connectivity index (χ0n) is 21.9.